The Morgan fingerprint density at radius 2 is 0.667 bits per heavy atom. The van der Waals surface area contributed by atoms with Crippen LogP contribution in [0.5, 0.6) is 0 Å². The first-order chi connectivity index (χ1) is 10.1. The molecule has 21 heavy (non-hydrogen) atoms. The van der Waals surface area contributed by atoms with Gasteiger partial charge in [-0.25, -0.2) is 0 Å². The highest BCUT2D eigenvalue weighted by atomic mass is 14.0. The van der Waals surface area contributed by atoms with Crippen molar-refractivity contribution in [2.45, 2.75) is 79.5 Å². The lowest BCUT2D eigenvalue weighted by Gasteiger charge is -2.20. The van der Waals surface area contributed by atoms with E-state index in [1.807, 2.05) is 0 Å². The average Bonchev–Trinajstić information content (AvgIpc) is 2.51. The van der Waals surface area contributed by atoms with Gasteiger partial charge in [0.05, 0.1) is 0 Å². The zero-order valence-corrected chi connectivity index (χ0v) is 15.2. The Labute approximate surface area is 134 Å². The van der Waals surface area contributed by atoms with Crippen LogP contribution in [-0.4, -0.2) is 20.1 Å². The van der Waals surface area contributed by atoms with Crippen molar-refractivity contribution in [2.75, 3.05) is 0 Å². The number of hydrogen-bond acceptors (Lipinski definition) is 0. The van der Waals surface area contributed by atoms with Gasteiger partial charge in [-0.2, -0.15) is 0 Å². The lowest BCUT2D eigenvalue weighted by molar-refractivity contribution is 1.32. The molecular weight excluding hydrogens is 249 g/mol. The van der Waals surface area contributed by atoms with Crippen molar-refractivity contribution >= 4 is 36.5 Å². The fraction of sp³-hybridized carbons (Fsp3) is 0.667. The second kappa shape index (κ2) is 9.44. The van der Waals surface area contributed by atoms with Crippen LogP contribution in [0.2, 0.25) is 37.9 Å². The molecule has 0 fully saturated rings. The summed E-state index contributed by atoms with van der Waals surface area (Å²) >= 11 is 0. The molecule has 0 bridgehead atoms. The van der Waals surface area contributed by atoms with E-state index < -0.39 is 0 Å². The van der Waals surface area contributed by atoms with Crippen LogP contribution in [0.15, 0.2) is 18.2 Å². The molecule has 0 unspecified atom stereocenters. The Morgan fingerprint density at radius 1 is 0.476 bits per heavy atom. The van der Waals surface area contributed by atoms with Crippen LogP contribution >= 0.6 is 0 Å². The Kier molecular flexibility index (Phi) is 8.30. The Bertz CT molecular complexity index is 331. The first kappa shape index (κ1) is 18.5. The third kappa shape index (κ3) is 4.69. The number of benzene rings is 1. The molecule has 3 heteroatoms. The Morgan fingerprint density at radius 3 is 0.810 bits per heavy atom. The summed E-state index contributed by atoms with van der Waals surface area (Å²) in [4.78, 5) is 0. The third-order valence-electron chi connectivity index (χ3n) is 5.37. The minimum atomic E-state index is 0.729. The fourth-order valence-corrected chi connectivity index (χ4v) is 3.69. The first-order valence-corrected chi connectivity index (χ1v) is 9.29. The van der Waals surface area contributed by atoms with Crippen LogP contribution in [0.1, 0.15) is 41.5 Å². The molecule has 0 N–H and O–H groups in total. The van der Waals surface area contributed by atoms with E-state index in [1.165, 1.54) is 37.9 Å². The molecule has 0 spiro atoms. The first-order valence-electron chi connectivity index (χ1n) is 9.29. The van der Waals surface area contributed by atoms with Gasteiger partial charge in [-0.05, 0) is 0 Å². The fourth-order valence-electron chi connectivity index (χ4n) is 3.69. The summed E-state index contributed by atoms with van der Waals surface area (Å²) in [6.45, 7) is 16.2. The van der Waals surface area contributed by atoms with Crippen molar-refractivity contribution in [3.05, 3.63) is 18.2 Å². The largest absolute Gasteiger partial charge is 0.175 e. The van der Waals surface area contributed by atoms with Crippen molar-refractivity contribution in [1.82, 2.24) is 0 Å². The van der Waals surface area contributed by atoms with E-state index >= 15 is 0 Å². The van der Waals surface area contributed by atoms with E-state index in [-0.39, 0.29) is 0 Å². The lowest BCUT2D eigenvalue weighted by Crippen LogP contribution is -2.43. The monoisotopic (exact) mass is 282 g/mol. The van der Waals surface area contributed by atoms with Gasteiger partial charge in [0, 0.05) is 0 Å². The molecule has 0 aliphatic carbocycles. The molecule has 0 heterocycles. The van der Waals surface area contributed by atoms with Gasteiger partial charge in [-0.15, -0.1) is 0 Å². The predicted octanol–water partition coefficient (Wildman–Crippen LogP) is 3.91. The summed E-state index contributed by atoms with van der Waals surface area (Å²) in [5, 5.41) is 0. The molecule has 0 saturated carbocycles. The predicted molar refractivity (Wildman–Crippen MR) is 105 cm³/mol. The van der Waals surface area contributed by atoms with Crippen molar-refractivity contribution in [3.63, 3.8) is 0 Å². The Hall–Kier alpha value is -0.585. The quantitative estimate of drug-likeness (QED) is 0.602. The second-order valence-corrected chi connectivity index (χ2v) is 6.47. The van der Waals surface area contributed by atoms with Crippen molar-refractivity contribution in [3.8, 4) is 0 Å². The molecule has 0 saturated heterocycles. The van der Waals surface area contributed by atoms with E-state index in [4.69, 9.17) is 0 Å². The molecule has 0 atom stereocenters. The standard InChI is InChI=1S/C18H33B3/c1-7-19(8-2)16-13-17(20(9-3)10-4)15-18(14-16)21(11-5)12-6/h13-15H,7-12H2,1-6H3. The van der Waals surface area contributed by atoms with E-state index in [1.54, 1.807) is 16.4 Å². The topological polar surface area (TPSA) is 0 Å². The highest BCUT2D eigenvalue weighted by Gasteiger charge is 2.20. The highest BCUT2D eigenvalue weighted by Crippen LogP contribution is 2.05. The molecule has 114 valence electrons. The molecular formula is C18H33B3. The maximum absolute atomic E-state index is 2.52. The van der Waals surface area contributed by atoms with E-state index in [0.717, 1.165) is 20.1 Å². The molecule has 0 amide bonds. The van der Waals surface area contributed by atoms with Gasteiger partial charge >= 0.3 is 0 Å². The van der Waals surface area contributed by atoms with Gasteiger partial charge in [0.15, 0.2) is 20.1 Å². The number of rotatable bonds is 9. The average molecular weight is 282 g/mol. The summed E-state index contributed by atoms with van der Waals surface area (Å²) < 4.78 is 0. The van der Waals surface area contributed by atoms with Crippen molar-refractivity contribution in [1.29, 1.82) is 0 Å². The van der Waals surface area contributed by atoms with E-state index in [9.17, 15) is 0 Å². The maximum Gasteiger partial charge on any atom is 0.175 e. The smallest absolute Gasteiger partial charge is 0.0811 e. The molecule has 1 rings (SSSR count). The van der Waals surface area contributed by atoms with Crippen LogP contribution < -0.4 is 16.4 Å². The zero-order chi connectivity index (χ0) is 15.8. The van der Waals surface area contributed by atoms with Crippen LogP contribution in [0.25, 0.3) is 0 Å². The van der Waals surface area contributed by atoms with Gasteiger partial charge in [0.1, 0.15) is 0 Å². The van der Waals surface area contributed by atoms with E-state index in [2.05, 4.69) is 59.7 Å². The van der Waals surface area contributed by atoms with Gasteiger partial charge < -0.3 is 0 Å². The summed E-state index contributed by atoms with van der Waals surface area (Å²) in [6, 6.07) is 7.55. The van der Waals surface area contributed by atoms with Crippen LogP contribution in [-0.2, 0) is 0 Å². The Balaban J connectivity index is 3.30. The minimum Gasteiger partial charge on any atom is -0.0811 e. The van der Waals surface area contributed by atoms with Gasteiger partial charge in [-0.1, -0.05) is 114 Å². The highest BCUT2D eigenvalue weighted by molar-refractivity contribution is 6.79. The van der Waals surface area contributed by atoms with Crippen molar-refractivity contribution < 1.29 is 0 Å². The van der Waals surface area contributed by atoms with Gasteiger partial charge in [0.2, 0.25) is 0 Å². The lowest BCUT2D eigenvalue weighted by atomic mass is 9.34. The maximum atomic E-state index is 2.52. The summed E-state index contributed by atoms with van der Waals surface area (Å²) in [5.74, 6) is 0. The molecule has 1 aromatic rings. The molecule has 0 nitrogen and oxygen atoms in total. The van der Waals surface area contributed by atoms with E-state index in [0.29, 0.717) is 0 Å². The minimum absolute atomic E-state index is 0.729. The van der Waals surface area contributed by atoms with Crippen LogP contribution in [0, 0.1) is 0 Å². The summed E-state index contributed by atoms with van der Waals surface area (Å²) in [5.41, 5.74) is 4.77. The van der Waals surface area contributed by atoms with Crippen molar-refractivity contribution in [2.24, 2.45) is 0 Å². The summed E-state index contributed by atoms with van der Waals surface area (Å²) in [6.07, 6.45) is 7.53. The second-order valence-electron chi connectivity index (χ2n) is 6.47. The van der Waals surface area contributed by atoms with Gasteiger partial charge in [-0.3, -0.25) is 0 Å². The molecule has 0 radical (unpaired) electrons. The SMILES string of the molecule is CCB(CC)c1cc(B(CC)CC)cc(B(CC)CC)c1. The van der Waals surface area contributed by atoms with Crippen LogP contribution in [0.4, 0.5) is 0 Å². The number of hydrogen-bond donors (Lipinski definition) is 0. The summed E-state index contributed by atoms with van der Waals surface area (Å²) in [7, 11) is 0. The molecule has 0 aliphatic heterocycles. The molecule has 0 aromatic heterocycles. The van der Waals surface area contributed by atoms with Gasteiger partial charge in [0.25, 0.3) is 0 Å². The zero-order valence-electron chi connectivity index (χ0n) is 15.2. The third-order valence-corrected chi connectivity index (χ3v) is 5.37. The molecule has 1 aromatic carbocycles. The normalized spacial score (nSPS) is 10.6. The van der Waals surface area contributed by atoms with Crippen LogP contribution in [0.3, 0.4) is 0 Å². The molecule has 0 aliphatic rings.